The van der Waals surface area contributed by atoms with Crippen LogP contribution in [-0.4, -0.2) is 40.8 Å². The van der Waals surface area contributed by atoms with E-state index in [1.807, 2.05) is 0 Å². The molecule has 1 aromatic heterocycles. The van der Waals surface area contributed by atoms with E-state index in [2.05, 4.69) is 5.32 Å². The third-order valence-corrected chi connectivity index (χ3v) is 5.79. The van der Waals surface area contributed by atoms with Gasteiger partial charge in [0.05, 0.1) is 24.6 Å². The quantitative estimate of drug-likeness (QED) is 0.477. The first-order valence-corrected chi connectivity index (χ1v) is 11.5. The monoisotopic (exact) mass is 534 g/mol. The number of hydrogen-bond acceptors (Lipinski definition) is 7. The molecule has 1 aliphatic heterocycles. The fraction of sp³-hybridized carbons (Fsp3) is 0.346. The van der Waals surface area contributed by atoms with Gasteiger partial charge in [-0.2, -0.15) is 13.2 Å². The number of aromatic nitrogens is 1. The summed E-state index contributed by atoms with van der Waals surface area (Å²) in [6.07, 6.45) is -5.39. The van der Waals surface area contributed by atoms with Crippen LogP contribution in [0.3, 0.4) is 0 Å². The Morgan fingerprint density at radius 3 is 2.37 bits per heavy atom. The SMILES string of the molecule is COc1ccc2c3c1c(O)c(C(=O)NCC(=O)OC(C)(C)C)c(=O)n3CC(c1ccc(C(F)(F)F)cc1)O2. The Morgan fingerprint density at radius 2 is 1.79 bits per heavy atom. The molecule has 0 bridgehead atoms. The van der Waals surface area contributed by atoms with Crippen molar-refractivity contribution >= 4 is 22.8 Å². The van der Waals surface area contributed by atoms with Gasteiger partial charge < -0.3 is 24.6 Å². The fourth-order valence-electron chi connectivity index (χ4n) is 4.19. The van der Waals surface area contributed by atoms with Crippen molar-refractivity contribution in [2.75, 3.05) is 13.7 Å². The molecule has 1 aliphatic rings. The molecule has 2 heterocycles. The van der Waals surface area contributed by atoms with Gasteiger partial charge in [0.1, 0.15) is 46.6 Å². The van der Waals surface area contributed by atoms with Crippen molar-refractivity contribution in [3.8, 4) is 17.2 Å². The molecule has 12 heteroatoms. The Morgan fingerprint density at radius 1 is 1.13 bits per heavy atom. The average molecular weight is 534 g/mol. The maximum absolute atomic E-state index is 13.5. The summed E-state index contributed by atoms with van der Waals surface area (Å²) in [6.45, 7) is 4.23. The van der Waals surface area contributed by atoms with Crippen LogP contribution in [0.2, 0.25) is 0 Å². The van der Waals surface area contributed by atoms with Crippen molar-refractivity contribution in [1.29, 1.82) is 0 Å². The minimum absolute atomic E-state index is 0.0258. The van der Waals surface area contributed by atoms with Crippen molar-refractivity contribution in [3.63, 3.8) is 0 Å². The lowest BCUT2D eigenvalue weighted by atomic mass is 10.0. The number of pyridine rings is 1. The van der Waals surface area contributed by atoms with Gasteiger partial charge in [-0.15, -0.1) is 0 Å². The highest BCUT2D eigenvalue weighted by atomic mass is 19.4. The van der Waals surface area contributed by atoms with Gasteiger partial charge >= 0.3 is 12.1 Å². The summed E-state index contributed by atoms with van der Waals surface area (Å²) in [7, 11) is 1.34. The molecule has 9 nitrogen and oxygen atoms in total. The van der Waals surface area contributed by atoms with Crippen LogP contribution in [0.4, 0.5) is 13.2 Å². The van der Waals surface area contributed by atoms with E-state index in [1.165, 1.54) is 35.9 Å². The first-order valence-electron chi connectivity index (χ1n) is 11.5. The second kappa shape index (κ2) is 9.58. The fourth-order valence-corrected chi connectivity index (χ4v) is 4.19. The summed E-state index contributed by atoms with van der Waals surface area (Å²) in [5.41, 5.74) is -2.64. The van der Waals surface area contributed by atoms with E-state index in [1.54, 1.807) is 20.8 Å². The van der Waals surface area contributed by atoms with E-state index in [0.29, 0.717) is 5.56 Å². The van der Waals surface area contributed by atoms with Gasteiger partial charge in [0, 0.05) is 0 Å². The molecule has 4 rings (SSSR count). The summed E-state index contributed by atoms with van der Waals surface area (Å²) in [4.78, 5) is 38.5. The summed E-state index contributed by atoms with van der Waals surface area (Å²) in [5.74, 6) is -2.13. The molecule has 1 unspecified atom stereocenters. The number of rotatable bonds is 5. The number of aromatic hydroxyl groups is 1. The molecular formula is C26H25F3N2O7. The standard InChI is InChI=1S/C26H25F3N2O7/c1-25(2,3)38-18(32)11-30-23(34)20-22(33)19-15(36-4)9-10-16-21(19)31(24(20)35)12-17(37-16)13-5-7-14(8-6-13)26(27,28)29/h5-10,17,33H,11-12H2,1-4H3,(H,30,34). The van der Waals surface area contributed by atoms with Crippen molar-refractivity contribution < 1.29 is 42.1 Å². The number of nitrogens with one attached hydrogen (secondary N) is 1. The van der Waals surface area contributed by atoms with Gasteiger partial charge in [0.15, 0.2) is 0 Å². The zero-order valence-electron chi connectivity index (χ0n) is 20.9. The van der Waals surface area contributed by atoms with Crippen LogP contribution in [0.15, 0.2) is 41.2 Å². The van der Waals surface area contributed by atoms with Crippen molar-refractivity contribution in [3.05, 3.63) is 63.4 Å². The molecule has 0 radical (unpaired) electrons. The topological polar surface area (TPSA) is 116 Å². The molecule has 0 aliphatic carbocycles. The lowest BCUT2D eigenvalue weighted by molar-refractivity contribution is -0.153. The van der Waals surface area contributed by atoms with Crippen LogP contribution < -0.4 is 20.3 Å². The molecular weight excluding hydrogens is 509 g/mol. The third kappa shape index (κ3) is 5.11. The van der Waals surface area contributed by atoms with Crippen LogP contribution in [0.1, 0.15) is 48.4 Å². The normalized spacial score (nSPS) is 15.1. The Labute approximate surface area is 214 Å². The number of halogens is 3. The van der Waals surface area contributed by atoms with Gasteiger partial charge in [0.2, 0.25) is 0 Å². The van der Waals surface area contributed by atoms with E-state index in [4.69, 9.17) is 14.2 Å². The third-order valence-electron chi connectivity index (χ3n) is 5.79. The zero-order chi connectivity index (χ0) is 28.0. The second-order valence-corrected chi connectivity index (χ2v) is 9.62. The number of carbonyl (C=O) groups excluding carboxylic acids is 2. The molecule has 0 saturated heterocycles. The van der Waals surface area contributed by atoms with Crippen LogP contribution in [0, 0.1) is 0 Å². The van der Waals surface area contributed by atoms with E-state index in [0.717, 1.165) is 12.1 Å². The predicted octanol–water partition coefficient (Wildman–Crippen LogP) is 3.94. The Hall–Kier alpha value is -4.22. The highest BCUT2D eigenvalue weighted by molar-refractivity contribution is 6.06. The van der Waals surface area contributed by atoms with Gasteiger partial charge in [-0.05, 0) is 50.6 Å². The number of ether oxygens (including phenoxy) is 3. The van der Waals surface area contributed by atoms with Gasteiger partial charge in [0.25, 0.3) is 11.5 Å². The minimum atomic E-state index is -4.52. The summed E-state index contributed by atoms with van der Waals surface area (Å²) < 4.78 is 56.7. The number of amides is 1. The van der Waals surface area contributed by atoms with Gasteiger partial charge in [-0.25, -0.2) is 0 Å². The minimum Gasteiger partial charge on any atom is -0.506 e. The molecule has 2 N–H and O–H groups in total. The Kier molecular flexibility index (Phi) is 6.77. The highest BCUT2D eigenvalue weighted by Crippen LogP contribution is 2.43. The van der Waals surface area contributed by atoms with E-state index in [9.17, 15) is 32.7 Å². The van der Waals surface area contributed by atoms with Gasteiger partial charge in [-0.1, -0.05) is 12.1 Å². The molecule has 1 amide bonds. The summed E-state index contributed by atoms with van der Waals surface area (Å²) >= 11 is 0. The smallest absolute Gasteiger partial charge is 0.416 e. The number of carbonyl (C=O) groups is 2. The van der Waals surface area contributed by atoms with Crippen LogP contribution >= 0.6 is 0 Å². The molecule has 1 atom stereocenters. The molecule has 3 aromatic rings. The van der Waals surface area contributed by atoms with Gasteiger partial charge in [-0.3, -0.25) is 19.0 Å². The molecule has 202 valence electrons. The summed E-state index contributed by atoms with van der Waals surface area (Å²) in [5, 5.41) is 13.3. The molecule has 38 heavy (non-hydrogen) atoms. The number of methoxy groups -OCH3 is 1. The Balaban J connectivity index is 1.76. The highest BCUT2D eigenvalue weighted by Gasteiger charge is 2.33. The first-order chi connectivity index (χ1) is 17.7. The molecule has 0 fully saturated rings. The van der Waals surface area contributed by atoms with E-state index < -0.39 is 58.7 Å². The lowest BCUT2D eigenvalue weighted by Crippen LogP contribution is -2.39. The summed E-state index contributed by atoms with van der Waals surface area (Å²) in [6, 6.07) is 7.27. The molecule has 0 spiro atoms. The van der Waals surface area contributed by atoms with Crippen molar-refractivity contribution in [2.45, 2.75) is 45.2 Å². The second-order valence-electron chi connectivity index (χ2n) is 9.62. The van der Waals surface area contributed by atoms with Crippen molar-refractivity contribution in [1.82, 2.24) is 9.88 Å². The van der Waals surface area contributed by atoms with Crippen LogP contribution in [0.25, 0.3) is 10.9 Å². The zero-order valence-corrected chi connectivity index (χ0v) is 20.9. The number of nitrogens with zero attached hydrogens (tertiary/aromatic N) is 1. The predicted molar refractivity (Wildman–Crippen MR) is 129 cm³/mol. The lowest BCUT2D eigenvalue weighted by Gasteiger charge is -2.29. The van der Waals surface area contributed by atoms with Crippen LogP contribution in [0.5, 0.6) is 17.2 Å². The van der Waals surface area contributed by atoms with E-state index in [-0.39, 0.29) is 28.9 Å². The molecule has 2 aromatic carbocycles. The number of esters is 1. The largest absolute Gasteiger partial charge is 0.506 e. The number of alkyl halides is 3. The molecule has 0 saturated carbocycles. The first kappa shape index (κ1) is 26.8. The van der Waals surface area contributed by atoms with E-state index >= 15 is 0 Å². The average Bonchev–Trinajstić information content (AvgIpc) is 2.84. The number of benzene rings is 2. The maximum Gasteiger partial charge on any atom is 0.416 e. The Bertz CT molecular complexity index is 1470. The maximum atomic E-state index is 13.5. The van der Waals surface area contributed by atoms with Crippen molar-refractivity contribution in [2.24, 2.45) is 0 Å². The number of hydrogen-bond donors (Lipinski definition) is 2. The van der Waals surface area contributed by atoms with Crippen LogP contribution in [-0.2, 0) is 22.3 Å².